The fourth-order valence-electron chi connectivity index (χ4n) is 0.229. The van der Waals surface area contributed by atoms with Crippen LogP contribution in [0.3, 0.4) is 0 Å². The summed E-state index contributed by atoms with van der Waals surface area (Å²) in [6.45, 7) is 1.59. The Hall–Kier alpha value is -0.380. The van der Waals surface area contributed by atoms with E-state index in [9.17, 15) is 8.09 Å². The van der Waals surface area contributed by atoms with Crippen molar-refractivity contribution in [2.24, 2.45) is 4.36 Å². The summed E-state index contributed by atoms with van der Waals surface area (Å²) in [5, 5.41) is 0.938. The van der Waals surface area contributed by atoms with Gasteiger partial charge < -0.3 is 0 Å². The van der Waals surface area contributed by atoms with Crippen molar-refractivity contribution in [2.45, 2.75) is 6.92 Å². The van der Waals surface area contributed by atoms with Gasteiger partial charge in [0.2, 0.25) is 10.1 Å². The zero-order valence-corrected chi connectivity index (χ0v) is 5.61. The van der Waals surface area contributed by atoms with Crippen LogP contribution in [0.15, 0.2) is 15.8 Å². The monoisotopic (exact) mass is 137 g/mol. The Morgan fingerprint density at radius 1 is 1.75 bits per heavy atom. The van der Waals surface area contributed by atoms with Crippen molar-refractivity contribution < 1.29 is 8.09 Å². The zero-order valence-electron chi connectivity index (χ0n) is 4.80. The molecular weight excluding hydrogens is 129 g/mol. The Morgan fingerprint density at radius 2 is 2.25 bits per heavy atom. The maximum Gasteiger partial charge on any atom is 0.223 e. The molecule has 0 fully saturated rings. The lowest BCUT2D eigenvalue weighted by molar-refractivity contribution is 0.647. The first-order valence-electron chi connectivity index (χ1n) is 2.10. The highest BCUT2D eigenvalue weighted by molar-refractivity contribution is 7.91. The van der Waals surface area contributed by atoms with Crippen LogP contribution in [0.4, 0.5) is 3.89 Å². The summed E-state index contributed by atoms with van der Waals surface area (Å²) in [5.41, 5.74) is 0. The first-order chi connectivity index (χ1) is 3.62. The van der Waals surface area contributed by atoms with E-state index in [1.54, 1.807) is 6.92 Å². The molecule has 0 rings (SSSR count). The minimum absolute atomic E-state index is 0.938. The van der Waals surface area contributed by atoms with Crippen molar-refractivity contribution >= 4 is 10.1 Å². The normalized spacial score (nSPS) is 18.4. The third-order valence-electron chi connectivity index (χ3n) is 0.553. The summed E-state index contributed by atoms with van der Waals surface area (Å²) < 4.78 is 25.3. The van der Waals surface area contributed by atoms with Crippen molar-refractivity contribution in [3.63, 3.8) is 0 Å². The Kier molecular flexibility index (Phi) is 2.68. The van der Waals surface area contributed by atoms with Crippen molar-refractivity contribution in [1.82, 2.24) is 0 Å². The van der Waals surface area contributed by atoms with Gasteiger partial charge in [-0.25, -0.2) is 8.57 Å². The molecule has 0 amide bonds. The van der Waals surface area contributed by atoms with Crippen LogP contribution in [-0.4, -0.2) is 11.3 Å². The van der Waals surface area contributed by atoms with Crippen molar-refractivity contribution in [3.8, 4) is 0 Å². The van der Waals surface area contributed by atoms with Gasteiger partial charge in [-0.2, -0.15) is 0 Å². The molecule has 1 atom stereocenters. The summed E-state index contributed by atoms with van der Waals surface area (Å²) in [6.07, 6.45) is 1.37. The average Bonchev–Trinajstić information content (AvgIpc) is 1.67. The molecule has 0 N–H and O–H groups in total. The number of nitrogens with zero attached hydrogens (tertiary/aromatic N) is 1. The van der Waals surface area contributed by atoms with E-state index in [0.717, 1.165) is 5.41 Å². The van der Waals surface area contributed by atoms with Gasteiger partial charge in [0, 0.05) is 12.5 Å². The van der Waals surface area contributed by atoms with Crippen molar-refractivity contribution in [1.29, 1.82) is 0 Å². The van der Waals surface area contributed by atoms with Gasteiger partial charge in [0.15, 0.2) is 0 Å². The van der Waals surface area contributed by atoms with Gasteiger partial charge >= 0.3 is 0 Å². The second-order valence-corrected chi connectivity index (χ2v) is 2.78. The van der Waals surface area contributed by atoms with Crippen LogP contribution in [-0.2, 0) is 10.1 Å². The molecule has 4 heteroatoms. The number of rotatable bonds is 1. The molecule has 0 aliphatic rings. The maximum atomic E-state index is 12.1. The molecule has 0 radical (unpaired) electrons. The summed E-state index contributed by atoms with van der Waals surface area (Å²) in [7, 11) is -2.29. The van der Waals surface area contributed by atoms with E-state index < -0.39 is 10.1 Å². The highest BCUT2D eigenvalue weighted by atomic mass is 32.3. The second kappa shape index (κ2) is 2.81. The second-order valence-electron chi connectivity index (χ2n) is 1.15. The highest BCUT2D eigenvalue weighted by Gasteiger charge is 1.92. The molecular formula is C4H8FNOS. The first kappa shape index (κ1) is 7.62. The van der Waals surface area contributed by atoms with Gasteiger partial charge in [-0.05, 0) is 6.92 Å². The van der Waals surface area contributed by atoms with E-state index in [2.05, 4.69) is 4.36 Å². The molecule has 1 unspecified atom stereocenters. The van der Waals surface area contributed by atoms with Gasteiger partial charge in [-0.1, -0.05) is 6.08 Å². The van der Waals surface area contributed by atoms with E-state index in [1.165, 1.54) is 13.1 Å². The topological polar surface area (TPSA) is 29.4 Å². The van der Waals surface area contributed by atoms with Gasteiger partial charge in [0.25, 0.3) is 0 Å². The van der Waals surface area contributed by atoms with Gasteiger partial charge in [-0.3, -0.25) is 0 Å². The quantitative estimate of drug-likeness (QED) is 0.503. The Morgan fingerprint density at radius 3 is 2.38 bits per heavy atom. The first-order valence-corrected chi connectivity index (χ1v) is 3.58. The zero-order chi connectivity index (χ0) is 6.62. The van der Waals surface area contributed by atoms with Gasteiger partial charge in [0.05, 0.1) is 0 Å². The molecule has 0 aromatic carbocycles. The largest absolute Gasteiger partial charge is 0.223 e. The smallest absolute Gasteiger partial charge is 0.212 e. The fourth-order valence-corrected chi connectivity index (χ4v) is 0.686. The Balaban J connectivity index is 4.42. The summed E-state index contributed by atoms with van der Waals surface area (Å²) in [6, 6.07) is 0. The predicted molar refractivity (Wildman–Crippen MR) is 32.4 cm³/mol. The summed E-state index contributed by atoms with van der Waals surface area (Å²) in [4.78, 5) is 0. The number of hydrogen-bond donors (Lipinski definition) is 0. The van der Waals surface area contributed by atoms with Crippen LogP contribution >= 0.6 is 0 Å². The highest BCUT2D eigenvalue weighted by Crippen LogP contribution is 1.96. The van der Waals surface area contributed by atoms with Crippen molar-refractivity contribution in [2.75, 3.05) is 7.05 Å². The van der Waals surface area contributed by atoms with Crippen LogP contribution in [0.5, 0.6) is 0 Å². The fraction of sp³-hybridized carbons (Fsp3) is 0.500. The van der Waals surface area contributed by atoms with Gasteiger partial charge in [-0.15, -0.1) is 3.89 Å². The molecule has 0 aromatic rings. The Labute approximate surface area is 48.9 Å². The third-order valence-corrected chi connectivity index (χ3v) is 1.66. The molecule has 8 heavy (non-hydrogen) atoms. The van der Waals surface area contributed by atoms with Crippen LogP contribution in [0.25, 0.3) is 0 Å². The van der Waals surface area contributed by atoms with E-state index in [1.807, 2.05) is 0 Å². The molecule has 0 aromatic heterocycles. The third kappa shape index (κ3) is 2.74. The van der Waals surface area contributed by atoms with Crippen LogP contribution in [0, 0.1) is 0 Å². The van der Waals surface area contributed by atoms with E-state index >= 15 is 0 Å². The molecule has 0 saturated carbocycles. The standard InChI is InChI=1S/C4H8FNOS/c1-3-4-8(5,7)6-2/h3-4H,1-2H3/b4-3+. The average molecular weight is 137 g/mol. The van der Waals surface area contributed by atoms with E-state index in [0.29, 0.717) is 0 Å². The maximum absolute atomic E-state index is 12.1. The van der Waals surface area contributed by atoms with Crippen LogP contribution in [0.1, 0.15) is 6.92 Å². The predicted octanol–water partition coefficient (Wildman–Crippen LogP) is 1.50. The lowest BCUT2D eigenvalue weighted by Gasteiger charge is -1.83. The minimum atomic E-state index is -3.48. The molecule has 0 heterocycles. The summed E-state index contributed by atoms with van der Waals surface area (Å²) in [5.74, 6) is 0. The lowest BCUT2D eigenvalue weighted by atomic mass is 10.8. The lowest BCUT2D eigenvalue weighted by Crippen LogP contribution is -1.79. The Bertz CT molecular complexity index is 190. The molecule has 0 bridgehead atoms. The van der Waals surface area contributed by atoms with E-state index in [-0.39, 0.29) is 0 Å². The number of halogens is 1. The van der Waals surface area contributed by atoms with Crippen molar-refractivity contribution in [3.05, 3.63) is 11.5 Å². The molecule has 0 aliphatic heterocycles. The minimum Gasteiger partial charge on any atom is -0.212 e. The molecule has 0 aliphatic carbocycles. The van der Waals surface area contributed by atoms with Crippen LogP contribution < -0.4 is 0 Å². The summed E-state index contributed by atoms with van der Waals surface area (Å²) >= 11 is 0. The molecule has 2 nitrogen and oxygen atoms in total. The van der Waals surface area contributed by atoms with Gasteiger partial charge in [0.1, 0.15) is 0 Å². The van der Waals surface area contributed by atoms with E-state index in [4.69, 9.17) is 0 Å². The molecule has 48 valence electrons. The SMILES string of the molecule is C/C=C/S(=O)(F)=NC. The van der Waals surface area contributed by atoms with Crippen LogP contribution in [0.2, 0.25) is 0 Å². The number of allylic oxidation sites excluding steroid dienone is 1. The number of hydrogen-bond acceptors (Lipinski definition) is 2. The molecule has 0 spiro atoms. The molecule has 0 saturated heterocycles.